The molecule has 2 rings (SSSR count). The minimum absolute atomic E-state index is 0.262. The van der Waals surface area contributed by atoms with E-state index in [9.17, 15) is 0 Å². The lowest BCUT2D eigenvalue weighted by Gasteiger charge is -2.09. The van der Waals surface area contributed by atoms with Gasteiger partial charge in [0.05, 0.1) is 0 Å². The minimum Gasteiger partial charge on any atom is -0.383 e. The fourth-order valence-corrected chi connectivity index (χ4v) is 1.81. The summed E-state index contributed by atoms with van der Waals surface area (Å²) in [5.41, 5.74) is 7.59. The van der Waals surface area contributed by atoms with Gasteiger partial charge in [-0.3, -0.25) is 0 Å². The summed E-state index contributed by atoms with van der Waals surface area (Å²) in [6, 6.07) is 7.53. The average Bonchev–Trinajstić information content (AvgIpc) is 2.30. The van der Waals surface area contributed by atoms with Crippen molar-refractivity contribution in [2.75, 3.05) is 5.73 Å². The quantitative estimate of drug-likeness (QED) is 0.884. The molecular weight excluding hydrogens is 234 g/mol. The maximum atomic E-state index is 6.12. The first-order valence-electron chi connectivity index (χ1n) is 5.47. The zero-order valence-electron chi connectivity index (χ0n) is 9.81. The molecule has 1 heterocycles. The smallest absolute Gasteiger partial charge is 0.135 e. The van der Waals surface area contributed by atoms with Crippen LogP contribution in [0.15, 0.2) is 30.5 Å². The molecule has 0 saturated heterocycles. The SMILES string of the molecule is CC(C)c1ncc(-c2ccccc2Cl)c(N)n1. The van der Waals surface area contributed by atoms with E-state index in [1.807, 2.05) is 38.1 Å². The largest absolute Gasteiger partial charge is 0.383 e. The second-order valence-corrected chi connectivity index (χ2v) is 4.57. The molecule has 0 aliphatic carbocycles. The molecule has 0 amide bonds. The number of nitrogens with two attached hydrogens (primary N) is 1. The molecule has 0 aliphatic rings. The van der Waals surface area contributed by atoms with Gasteiger partial charge in [0, 0.05) is 28.3 Å². The Bertz CT molecular complexity index is 538. The molecule has 0 bridgehead atoms. The van der Waals surface area contributed by atoms with E-state index in [2.05, 4.69) is 9.97 Å². The summed E-state index contributed by atoms with van der Waals surface area (Å²) in [7, 11) is 0. The maximum Gasteiger partial charge on any atom is 0.135 e. The highest BCUT2D eigenvalue weighted by molar-refractivity contribution is 6.33. The van der Waals surface area contributed by atoms with Gasteiger partial charge in [0.1, 0.15) is 11.6 Å². The number of hydrogen-bond acceptors (Lipinski definition) is 3. The standard InChI is InChI=1S/C13H14ClN3/c1-8(2)13-16-7-10(12(15)17-13)9-5-3-4-6-11(9)14/h3-8H,1-2H3,(H2,15,16,17). The van der Waals surface area contributed by atoms with E-state index < -0.39 is 0 Å². The van der Waals surface area contributed by atoms with E-state index >= 15 is 0 Å². The Morgan fingerprint density at radius 2 is 1.88 bits per heavy atom. The van der Waals surface area contributed by atoms with Crippen molar-refractivity contribution in [1.82, 2.24) is 9.97 Å². The topological polar surface area (TPSA) is 51.8 Å². The summed E-state index contributed by atoms with van der Waals surface area (Å²) in [4.78, 5) is 8.60. The number of anilines is 1. The van der Waals surface area contributed by atoms with E-state index in [-0.39, 0.29) is 5.92 Å². The molecule has 0 unspecified atom stereocenters. The molecule has 1 aromatic heterocycles. The minimum atomic E-state index is 0.262. The van der Waals surface area contributed by atoms with E-state index in [4.69, 9.17) is 17.3 Å². The molecule has 0 fully saturated rings. The van der Waals surface area contributed by atoms with Gasteiger partial charge in [0.25, 0.3) is 0 Å². The summed E-state index contributed by atoms with van der Waals surface area (Å²) in [6.45, 7) is 4.06. The van der Waals surface area contributed by atoms with Gasteiger partial charge in [-0.1, -0.05) is 43.6 Å². The van der Waals surface area contributed by atoms with Crippen molar-refractivity contribution < 1.29 is 0 Å². The molecular formula is C13H14ClN3. The second-order valence-electron chi connectivity index (χ2n) is 4.16. The van der Waals surface area contributed by atoms with E-state index in [0.717, 1.165) is 17.0 Å². The Kier molecular flexibility index (Phi) is 3.29. The molecule has 3 nitrogen and oxygen atoms in total. The fraction of sp³-hybridized carbons (Fsp3) is 0.231. The van der Waals surface area contributed by atoms with Gasteiger partial charge in [-0.15, -0.1) is 0 Å². The normalized spacial score (nSPS) is 10.8. The van der Waals surface area contributed by atoms with Crippen LogP contribution in [0.25, 0.3) is 11.1 Å². The van der Waals surface area contributed by atoms with Crippen molar-refractivity contribution in [2.24, 2.45) is 0 Å². The van der Waals surface area contributed by atoms with Crippen LogP contribution < -0.4 is 5.73 Å². The van der Waals surface area contributed by atoms with Crippen LogP contribution in [0.5, 0.6) is 0 Å². The van der Waals surface area contributed by atoms with E-state index in [1.165, 1.54) is 0 Å². The molecule has 0 aliphatic heterocycles. The van der Waals surface area contributed by atoms with Gasteiger partial charge in [0.15, 0.2) is 0 Å². The van der Waals surface area contributed by atoms with Gasteiger partial charge in [-0.25, -0.2) is 9.97 Å². The Labute approximate surface area is 106 Å². The van der Waals surface area contributed by atoms with E-state index in [1.54, 1.807) is 6.20 Å². The highest BCUT2D eigenvalue weighted by Crippen LogP contribution is 2.30. The number of nitrogens with zero attached hydrogens (tertiary/aromatic N) is 2. The number of benzene rings is 1. The molecule has 88 valence electrons. The predicted octanol–water partition coefficient (Wildman–Crippen LogP) is 3.50. The fourth-order valence-electron chi connectivity index (χ4n) is 1.57. The third-order valence-corrected chi connectivity index (χ3v) is 2.85. The summed E-state index contributed by atoms with van der Waals surface area (Å²) in [5.74, 6) is 1.48. The number of nitrogen functional groups attached to an aromatic ring is 1. The van der Waals surface area contributed by atoms with Crippen molar-refractivity contribution in [3.8, 4) is 11.1 Å². The number of aromatic nitrogens is 2. The van der Waals surface area contributed by atoms with Crippen molar-refractivity contribution in [2.45, 2.75) is 19.8 Å². The lowest BCUT2D eigenvalue weighted by molar-refractivity contribution is 0.777. The first kappa shape index (κ1) is 11.9. The molecule has 1 aromatic carbocycles. The van der Waals surface area contributed by atoms with Crippen LogP contribution in [0.3, 0.4) is 0 Å². The van der Waals surface area contributed by atoms with Gasteiger partial charge in [-0.05, 0) is 6.07 Å². The summed E-state index contributed by atoms with van der Waals surface area (Å²) in [5, 5.41) is 0.653. The van der Waals surface area contributed by atoms with Crippen molar-refractivity contribution >= 4 is 17.4 Å². The highest BCUT2D eigenvalue weighted by atomic mass is 35.5. The molecule has 0 atom stereocenters. The lowest BCUT2D eigenvalue weighted by atomic mass is 10.1. The molecule has 0 saturated carbocycles. The van der Waals surface area contributed by atoms with Crippen LogP contribution in [0.4, 0.5) is 5.82 Å². The average molecular weight is 248 g/mol. The van der Waals surface area contributed by atoms with Crippen molar-refractivity contribution in [1.29, 1.82) is 0 Å². The van der Waals surface area contributed by atoms with Crippen LogP contribution in [0.2, 0.25) is 5.02 Å². The summed E-state index contributed by atoms with van der Waals surface area (Å²) in [6.07, 6.45) is 1.74. The van der Waals surface area contributed by atoms with Crippen molar-refractivity contribution in [3.63, 3.8) is 0 Å². The molecule has 2 N–H and O–H groups in total. The first-order chi connectivity index (χ1) is 8.09. The Morgan fingerprint density at radius 1 is 1.18 bits per heavy atom. The van der Waals surface area contributed by atoms with Crippen LogP contribution in [-0.2, 0) is 0 Å². The Morgan fingerprint density at radius 3 is 2.47 bits per heavy atom. The van der Waals surface area contributed by atoms with Crippen LogP contribution in [0.1, 0.15) is 25.6 Å². The van der Waals surface area contributed by atoms with Gasteiger partial charge in [0.2, 0.25) is 0 Å². The number of hydrogen-bond donors (Lipinski definition) is 1. The molecule has 0 radical (unpaired) electrons. The lowest BCUT2D eigenvalue weighted by Crippen LogP contribution is -2.03. The molecule has 0 spiro atoms. The van der Waals surface area contributed by atoms with E-state index in [0.29, 0.717) is 10.8 Å². The highest BCUT2D eigenvalue weighted by Gasteiger charge is 2.10. The number of halogens is 1. The molecule has 17 heavy (non-hydrogen) atoms. The first-order valence-corrected chi connectivity index (χ1v) is 5.84. The molecule has 2 aromatic rings. The van der Waals surface area contributed by atoms with Crippen molar-refractivity contribution in [3.05, 3.63) is 41.3 Å². The zero-order valence-corrected chi connectivity index (χ0v) is 10.6. The monoisotopic (exact) mass is 247 g/mol. The summed E-state index contributed by atoms with van der Waals surface area (Å²) < 4.78 is 0. The number of rotatable bonds is 2. The third-order valence-electron chi connectivity index (χ3n) is 2.52. The summed E-state index contributed by atoms with van der Waals surface area (Å²) >= 11 is 6.12. The van der Waals surface area contributed by atoms with Gasteiger partial charge in [-0.2, -0.15) is 0 Å². The maximum absolute atomic E-state index is 6.12. The Balaban J connectivity index is 2.51. The third kappa shape index (κ3) is 2.39. The van der Waals surface area contributed by atoms with Crippen LogP contribution >= 0.6 is 11.6 Å². The van der Waals surface area contributed by atoms with Gasteiger partial charge >= 0.3 is 0 Å². The Hall–Kier alpha value is -1.61. The molecule has 4 heteroatoms. The van der Waals surface area contributed by atoms with Crippen LogP contribution in [-0.4, -0.2) is 9.97 Å². The van der Waals surface area contributed by atoms with Gasteiger partial charge < -0.3 is 5.73 Å². The van der Waals surface area contributed by atoms with Crippen LogP contribution in [0, 0.1) is 0 Å². The zero-order chi connectivity index (χ0) is 12.4. The second kappa shape index (κ2) is 4.72. The predicted molar refractivity (Wildman–Crippen MR) is 71.0 cm³/mol.